The highest BCUT2D eigenvalue weighted by atomic mass is 16.5. The molecule has 10 N–H and O–H groups in total. The van der Waals surface area contributed by atoms with E-state index in [1.807, 2.05) is 24.8 Å². The number of aromatic nitrogens is 2. The summed E-state index contributed by atoms with van der Waals surface area (Å²) in [7, 11) is 0. The van der Waals surface area contributed by atoms with Gasteiger partial charge in [0.25, 0.3) is 0 Å². The summed E-state index contributed by atoms with van der Waals surface area (Å²) in [6, 6.07) is 37.2. The lowest BCUT2D eigenvalue weighted by Gasteiger charge is -2.21. The lowest BCUT2D eigenvalue weighted by atomic mass is 9.90. The summed E-state index contributed by atoms with van der Waals surface area (Å²) in [6.45, 7) is 16.4. The monoisotopic (exact) mass is 1300 g/mol. The summed E-state index contributed by atoms with van der Waals surface area (Å²) in [5.41, 5.74) is 4.96. The summed E-state index contributed by atoms with van der Waals surface area (Å²) in [4.78, 5) is 52.3. The zero-order valence-corrected chi connectivity index (χ0v) is 54.0. The predicted molar refractivity (Wildman–Crippen MR) is 360 cm³/mol. The molecule has 8 aromatic carbocycles. The molecule has 2 aromatic heterocycles. The SMILES string of the molecule is C1CCOC1.C1CCOC1.C1CCOC1.C1CCOC1.Cc1cc[nH+]cc1C.Cc1cc[nH+]cc1C.O.O=C(O)c1cc2ccccc2c(Cc2c(O)c(C(=O)O)cc3ccccc23)c1[O-].O=C(O)c1cc2ccccc2c(Cc2c(O)c(C(=O)O)cc3ccccc23)c1[O-]. The normalized spacial score (nSPS) is 13.3. The van der Waals surface area contributed by atoms with Gasteiger partial charge in [-0.3, -0.25) is 0 Å². The van der Waals surface area contributed by atoms with Crippen molar-refractivity contribution in [3.05, 3.63) is 225 Å². The number of benzene rings is 8. The Morgan fingerprint density at radius 2 is 0.611 bits per heavy atom. The number of hydrogen-bond acceptors (Lipinski definition) is 12. The van der Waals surface area contributed by atoms with Crippen molar-refractivity contribution in [1.29, 1.82) is 0 Å². The fraction of sp³-hybridized carbons (Fsp3) is 0.289. The molecule has 0 saturated carbocycles. The molecule has 10 aromatic rings. The molecular weight excluding hydrogens is 1210 g/mol. The fourth-order valence-electron chi connectivity index (χ4n) is 10.6. The van der Waals surface area contributed by atoms with Crippen LogP contribution in [-0.2, 0) is 31.8 Å². The van der Waals surface area contributed by atoms with Crippen LogP contribution in [-0.4, -0.2) is 113 Å². The molecule has 4 aliphatic rings. The van der Waals surface area contributed by atoms with Gasteiger partial charge in [-0.15, -0.1) is 0 Å². The number of aromatic amines is 2. The van der Waals surface area contributed by atoms with E-state index in [9.17, 15) is 60.0 Å². The van der Waals surface area contributed by atoms with E-state index in [4.69, 9.17) is 18.9 Å². The maximum Gasteiger partial charge on any atom is 0.339 e. The van der Waals surface area contributed by atoms with E-state index in [0.29, 0.717) is 43.1 Å². The number of aryl methyl sites for hydroxylation is 4. The number of rotatable bonds is 8. The molecule has 0 atom stereocenters. The van der Waals surface area contributed by atoms with E-state index in [0.717, 1.165) is 52.9 Å². The van der Waals surface area contributed by atoms with Gasteiger partial charge in [0.05, 0.1) is 11.1 Å². The number of phenols is 2. The van der Waals surface area contributed by atoms with Crippen LogP contribution >= 0.6 is 0 Å². The first-order chi connectivity index (χ1) is 45.4. The van der Waals surface area contributed by atoms with Crippen LogP contribution < -0.4 is 20.2 Å². The minimum absolute atomic E-state index is 0. The Morgan fingerprint density at radius 3 is 0.821 bits per heavy atom. The van der Waals surface area contributed by atoms with Crippen molar-refractivity contribution in [2.45, 2.75) is 91.9 Å². The van der Waals surface area contributed by atoms with Gasteiger partial charge in [0.1, 0.15) is 22.6 Å². The van der Waals surface area contributed by atoms with E-state index in [1.54, 1.807) is 97.1 Å². The molecule has 0 bridgehead atoms. The molecule has 4 fully saturated rings. The van der Waals surface area contributed by atoms with Crippen molar-refractivity contribution in [3.8, 4) is 23.0 Å². The van der Waals surface area contributed by atoms with Crippen LogP contribution in [0.4, 0.5) is 0 Å². The second-order valence-electron chi connectivity index (χ2n) is 22.7. The number of carboxylic acids is 4. The molecule has 4 aliphatic heterocycles. The first-order valence-corrected chi connectivity index (χ1v) is 31.4. The first kappa shape index (κ1) is 74.0. The van der Waals surface area contributed by atoms with Gasteiger partial charge in [-0.25, -0.2) is 29.1 Å². The van der Waals surface area contributed by atoms with Crippen molar-refractivity contribution in [3.63, 3.8) is 0 Å². The number of H-pyrrole nitrogens is 2. The van der Waals surface area contributed by atoms with Crippen molar-refractivity contribution in [2.75, 3.05) is 52.9 Å². The van der Waals surface area contributed by atoms with Gasteiger partial charge in [0, 0.05) is 100 Å². The number of ether oxygens (including phenoxy) is 4. The molecule has 19 heteroatoms. The zero-order valence-electron chi connectivity index (χ0n) is 54.0. The standard InChI is InChI=1S/2C23H16O6.2C7H9N.4C4H8O.H2O/c2*24-20-16(14-7-3-1-5-12(14)9-18(20)22(26)27)11-17-15-8-4-2-6-13(15)10-19(21(17)25)23(28)29;2*1-6-3-4-8-5-7(6)2;4*1-2-4-5-3-1;/h2*1-10,24-25H,11H2,(H,26,27)(H,28,29);2*3-5H,1-2H3;4*1-4H2;1H2. The highest BCUT2D eigenvalue weighted by Crippen LogP contribution is 2.40. The number of nitrogens with one attached hydrogen (secondary N) is 2. The molecule has 0 radical (unpaired) electrons. The summed E-state index contributed by atoms with van der Waals surface area (Å²) < 4.78 is 19.8. The summed E-state index contributed by atoms with van der Waals surface area (Å²) >= 11 is 0. The van der Waals surface area contributed by atoms with E-state index in [2.05, 4.69) is 49.8 Å². The van der Waals surface area contributed by atoms with Gasteiger partial charge in [0.15, 0.2) is 24.8 Å². The van der Waals surface area contributed by atoms with Crippen LogP contribution in [0.3, 0.4) is 0 Å². The Morgan fingerprint density at radius 1 is 0.368 bits per heavy atom. The van der Waals surface area contributed by atoms with Crippen LogP contribution in [0.1, 0.15) is 137 Å². The maximum atomic E-state index is 12.9. The van der Waals surface area contributed by atoms with Gasteiger partial charge >= 0.3 is 23.9 Å². The van der Waals surface area contributed by atoms with Crippen molar-refractivity contribution in [2.24, 2.45) is 0 Å². The molecule has 500 valence electrons. The Bertz CT molecular complexity index is 3630. The molecule has 0 aliphatic carbocycles. The second-order valence-corrected chi connectivity index (χ2v) is 22.7. The molecule has 14 rings (SSSR count). The minimum atomic E-state index is -1.34. The van der Waals surface area contributed by atoms with Gasteiger partial charge < -0.3 is 65.3 Å². The predicted octanol–water partition coefficient (Wildman–Crippen LogP) is 12.1. The Labute approximate surface area is 551 Å². The average Bonchev–Trinajstić information content (AvgIpc) is 0.963. The van der Waals surface area contributed by atoms with E-state index in [1.165, 1.54) is 97.9 Å². The lowest BCUT2D eigenvalue weighted by molar-refractivity contribution is -0.379. The molecule has 0 spiro atoms. The smallest absolute Gasteiger partial charge is 0.339 e. The van der Waals surface area contributed by atoms with Crippen LogP contribution in [0.15, 0.2) is 158 Å². The number of carboxylic acid groups (broad SMARTS) is 4. The molecule has 6 heterocycles. The minimum Gasteiger partial charge on any atom is -0.872 e. The summed E-state index contributed by atoms with van der Waals surface area (Å²) in [6.07, 6.45) is 17.9. The number of carbonyl (C=O) groups is 4. The molecule has 95 heavy (non-hydrogen) atoms. The quantitative estimate of drug-likeness (QED) is 0.0823. The van der Waals surface area contributed by atoms with Crippen molar-refractivity contribution < 1.29 is 94.4 Å². The van der Waals surface area contributed by atoms with E-state index in [-0.39, 0.29) is 62.8 Å². The van der Waals surface area contributed by atoms with Crippen LogP contribution in [0.25, 0.3) is 43.1 Å². The number of aromatic carboxylic acids is 4. The van der Waals surface area contributed by atoms with Crippen molar-refractivity contribution in [1.82, 2.24) is 0 Å². The second kappa shape index (κ2) is 37.6. The molecule has 4 saturated heterocycles. The average molecular weight is 1300 g/mol. The number of aromatic hydroxyl groups is 2. The Hall–Kier alpha value is -10.0. The largest absolute Gasteiger partial charge is 0.872 e. The maximum absolute atomic E-state index is 12.9. The Kier molecular flexibility index (Phi) is 29.3. The summed E-state index contributed by atoms with van der Waals surface area (Å²) in [5.74, 6) is -7.42. The highest BCUT2D eigenvalue weighted by molar-refractivity contribution is 6.04. The molecule has 19 nitrogen and oxygen atoms in total. The van der Waals surface area contributed by atoms with E-state index < -0.39 is 46.9 Å². The lowest BCUT2D eigenvalue weighted by Crippen LogP contribution is -2.09. The third-order valence-corrected chi connectivity index (χ3v) is 16.1. The van der Waals surface area contributed by atoms with Crippen LogP contribution in [0.5, 0.6) is 23.0 Å². The van der Waals surface area contributed by atoms with Crippen molar-refractivity contribution >= 4 is 67.0 Å². The Balaban J connectivity index is 0.000000197. The molecular formula is C76H84N2O17. The van der Waals surface area contributed by atoms with Gasteiger partial charge in [0.2, 0.25) is 0 Å². The highest BCUT2D eigenvalue weighted by Gasteiger charge is 2.22. The molecule has 0 unspecified atom stereocenters. The zero-order chi connectivity index (χ0) is 67.5. The van der Waals surface area contributed by atoms with E-state index >= 15 is 0 Å². The third-order valence-electron chi connectivity index (χ3n) is 16.1. The van der Waals surface area contributed by atoms with Crippen LogP contribution in [0, 0.1) is 27.7 Å². The number of fused-ring (bicyclic) bond motifs is 4. The first-order valence-electron chi connectivity index (χ1n) is 31.4. The fourth-order valence-corrected chi connectivity index (χ4v) is 10.6. The molecule has 0 amide bonds. The van der Waals surface area contributed by atoms with Gasteiger partial charge in [-0.1, -0.05) is 109 Å². The third kappa shape index (κ3) is 21.0. The summed E-state index contributed by atoms with van der Waals surface area (Å²) in [5, 5.41) is 89.6. The number of hydrogen-bond donors (Lipinski definition) is 6. The number of pyridine rings is 2. The topological polar surface area (TPSA) is 332 Å². The van der Waals surface area contributed by atoms with Gasteiger partial charge in [-0.05, 0) is 169 Å². The van der Waals surface area contributed by atoms with Crippen LogP contribution in [0.2, 0.25) is 0 Å². The van der Waals surface area contributed by atoms with Gasteiger partial charge in [-0.2, -0.15) is 0 Å².